The predicted molar refractivity (Wildman–Crippen MR) is 107 cm³/mol. The minimum atomic E-state index is -0.539. The lowest BCUT2D eigenvalue weighted by molar-refractivity contribution is 0.0603. The van der Waals surface area contributed by atoms with Gasteiger partial charge in [0.2, 0.25) is 0 Å². The lowest BCUT2D eigenvalue weighted by Crippen LogP contribution is -2.20. The van der Waals surface area contributed by atoms with Crippen LogP contribution in [0.25, 0.3) is 11.1 Å². The monoisotopic (exact) mass is 404 g/mol. The van der Waals surface area contributed by atoms with Gasteiger partial charge in [0.05, 0.1) is 7.11 Å². The van der Waals surface area contributed by atoms with Crippen LogP contribution in [0.4, 0.5) is 19.5 Å². The van der Waals surface area contributed by atoms with Crippen molar-refractivity contribution in [2.75, 3.05) is 17.7 Å². The molecule has 0 saturated carbocycles. The van der Waals surface area contributed by atoms with Crippen molar-refractivity contribution >= 4 is 45.3 Å². The van der Waals surface area contributed by atoms with Gasteiger partial charge in [-0.15, -0.1) is 11.3 Å². The summed E-state index contributed by atoms with van der Waals surface area (Å²) in [6.07, 6.45) is 0. The van der Waals surface area contributed by atoms with Gasteiger partial charge in [-0.3, -0.25) is 0 Å². The third-order valence-corrected chi connectivity index (χ3v) is 4.76. The van der Waals surface area contributed by atoms with Crippen LogP contribution >= 0.6 is 23.6 Å². The molecule has 0 radical (unpaired) electrons. The molecular formula is C19H14F2N2O2S2. The van der Waals surface area contributed by atoms with Crippen molar-refractivity contribution in [2.24, 2.45) is 0 Å². The first-order chi connectivity index (χ1) is 13.0. The number of hydrogen-bond acceptors (Lipinski definition) is 4. The van der Waals surface area contributed by atoms with Crippen molar-refractivity contribution in [3.63, 3.8) is 0 Å². The zero-order valence-corrected chi connectivity index (χ0v) is 15.7. The van der Waals surface area contributed by atoms with E-state index in [-0.39, 0.29) is 16.7 Å². The van der Waals surface area contributed by atoms with E-state index in [0.717, 1.165) is 0 Å². The second kappa shape index (κ2) is 8.24. The molecule has 3 aromatic rings. The molecule has 27 heavy (non-hydrogen) atoms. The van der Waals surface area contributed by atoms with Crippen LogP contribution in [0.15, 0.2) is 53.9 Å². The highest BCUT2D eigenvalue weighted by Crippen LogP contribution is 2.36. The Hall–Kier alpha value is -2.84. The van der Waals surface area contributed by atoms with Crippen LogP contribution in [0, 0.1) is 11.6 Å². The fraction of sp³-hybridized carbons (Fsp3) is 0.0526. The van der Waals surface area contributed by atoms with Gasteiger partial charge in [0.25, 0.3) is 0 Å². The molecule has 0 unspecified atom stereocenters. The van der Waals surface area contributed by atoms with Gasteiger partial charge in [-0.25, -0.2) is 13.6 Å². The van der Waals surface area contributed by atoms with Gasteiger partial charge in [-0.05, 0) is 54.2 Å². The van der Waals surface area contributed by atoms with E-state index in [1.54, 1.807) is 29.6 Å². The summed E-state index contributed by atoms with van der Waals surface area (Å²) in [4.78, 5) is 12.3. The molecule has 0 bridgehead atoms. The standard InChI is InChI=1S/C19H14F2N2O2S2/c1-25-18(24)16-15(11-2-4-12(20)5-3-11)10-27-17(16)23-19(26)22-14-8-6-13(21)7-9-14/h2-10H,1H3,(H2,22,23,26). The molecule has 0 amide bonds. The Balaban J connectivity index is 1.86. The largest absolute Gasteiger partial charge is 0.465 e. The number of rotatable bonds is 4. The quantitative estimate of drug-likeness (QED) is 0.457. The Morgan fingerprint density at radius 1 is 1.00 bits per heavy atom. The van der Waals surface area contributed by atoms with Crippen LogP contribution < -0.4 is 10.6 Å². The van der Waals surface area contributed by atoms with E-state index >= 15 is 0 Å². The number of ether oxygens (including phenoxy) is 1. The molecule has 0 fully saturated rings. The fourth-order valence-electron chi connectivity index (χ4n) is 2.40. The molecule has 2 aromatic carbocycles. The van der Waals surface area contributed by atoms with E-state index in [0.29, 0.717) is 27.4 Å². The molecule has 0 atom stereocenters. The highest BCUT2D eigenvalue weighted by Gasteiger charge is 2.21. The Morgan fingerprint density at radius 3 is 2.19 bits per heavy atom. The molecule has 1 heterocycles. The van der Waals surface area contributed by atoms with Crippen LogP contribution in [0.1, 0.15) is 10.4 Å². The van der Waals surface area contributed by atoms with Crippen LogP contribution in [0.3, 0.4) is 0 Å². The van der Waals surface area contributed by atoms with Crippen molar-refractivity contribution < 1.29 is 18.3 Å². The maximum atomic E-state index is 13.2. The van der Waals surface area contributed by atoms with E-state index in [1.165, 1.54) is 42.7 Å². The van der Waals surface area contributed by atoms with Crippen molar-refractivity contribution in [2.45, 2.75) is 0 Å². The second-order valence-corrected chi connectivity index (χ2v) is 6.73. The lowest BCUT2D eigenvalue weighted by Gasteiger charge is -2.11. The fourth-order valence-corrected chi connectivity index (χ4v) is 3.64. The van der Waals surface area contributed by atoms with Gasteiger partial charge >= 0.3 is 5.97 Å². The number of carbonyl (C=O) groups excluding carboxylic acids is 1. The minimum Gasteiger partial charge on any atom is -0.465 e. The number of thiocarbonyl (C=S) groups is 1. The number of anilines is 2. The van der Waals surface area contributed by atoms with Crippen LogP contribution in [-0.4, -0.2) is 18.2 Å². The average Bonchev–Trinajstić information content (AvgIpc) is 3.07. The number of esters is 1. The molecule has 0 aliphatic heterocycles. The van der Waals surface area contributed by atoms with Crippen LogP contribution in [-0.2, 0) is 4.74 Å². The first kappa shape index (κ1) is 18.9. The first-order valence-electron chi connectivity index (χ1n) is 7.77. The minimum absolute atomic E-state index is 0.235. The predicted octanol–water partition coefficient (Wildman–Crippen LogP) is 5.29. The summed E-state index contributed by atoms with van der Waals surface area (Å²) in [5, 5.41) is 8.37. The van der Waals surface area contributed by atoms with Crippen molar-refractivity contribution in [3.05, 3.63) is 71.1 Å². The van der Waals surface area contributed by atoms with Crippen LogP contribution in [0.5, 0.6) is 0 Å². The molecule has 2 N–H and O–H groups in total. The summed E-state index contributed by atoms with van der Waals surface area (Å²) in [6, 6.07) is 11.5. The lowest BCUT2D eigenvalue weighted by atomic mass is 10.0. The van der Waals surface area contributed by atoms with Gasteiger partial charge in [-0.1, -0.05) is 12.1 Å². The number of nitrogens with one attached hydrogen (secondary N) is 2. The number of benzene rings is 2. The molecule has 3 rings (SSSR count). The van der Waals surface area contributed by atoms with Gasteiger partial charge in [0.15, 0.2) is 5.11 Å². The Bertz CT molecular complexity index is 970. The summed E-state index contributed by atoms with van der Waals surface area (Å²) in [6.45, 7) is 0. The van der Waals surface area contributed by atoms with E-state index in [4.69, 9.17) is 17.0 Å². The Morgan fingerprint density at radius 2 is 1.59 bits per heavy atom. The van der Waals surface area contributed by atoms with E-state index in [2.05, 4.69) is 10.6 Å². The van der Waals surface area contributed by atoms with Gasteiger partial charge in [-0.2, -0.15) is 0 Å². The maximum Gasteiger partial charge on any atom is 0.341 e. The van der Waals surface area contributed by atoms with Crippen molar-refractivity contribution in [3.8, 4) is 11.1 Å². The molecule has 8 heteroatoms. The number of hydrogen-bond donors (Lipinski definition) is 2. The SMILES string of the molecule is COC(=O)c1c(-c2ccc(F)cc2)csc1NC(=S)Nc1ccc(F)cc1. The zero-order chi connectivity index (χ0) is 19.4. The Labute approximate surface area is 163 Å². The highest BCUT2D eigenvalue weighted by atomic mass is 32.1. The molecule has 4 nitrogen and oxygen atoms in total. The van der Waals surface area contributed by atoms with Crippen molar-refractivity contribution in [1.82, 2.24) is 0 Å². The Kier molecular flexibility index (Phi) is 5.78. The molecule has 0 aliphatic rings. The van der Waals surface area contributed by atoms with E-state index in [1.807, 2.05) is 0 Å². The average molecular weight is 404 g/mol. The number of methoxy groups -OCH3 is 1. The summed E-state index contributed by atoms with van der Waals surface area (Å²) < 4.78 is 31.1. The zero-order valence-electron chi connectivity index (χ0n) is 14.1. The third-order valence-electron chi connectivity index (χ3n) is 3.66. The second-order valence-electron chi connectivity index (χ2n) is 5.44. The normalized spacial score (nSPS) is 10.3. The molecule has 0 aliphatic carbocycles. The number of carbonyl (C=O) groups is 1. The molecular weight excluding hydrogens is 390 g/mol. The van der Waals surface area contributed by atoms with Gasteiger partial charge < -0.3 is 15.4 Å². The highest BCUT2D eigenvalue weighted by molar-refractivity contribution is 7.80. The van der Waals surface area contributed by atoms with Gasteiger partial charge in [0, 0.05) is 16.6 Å². The molecule has 0 spiro atoms. The number of halogens is 2. The first-order valence-corrected chi connectivity index (χ1v) is 9.06. The number of thiophene rings is 1. The van der Waals surface area contributed by atoms with Gasteiger partial charge in [0.1, 0.15) is 22.2 Å². The maximum absolute atomic E-state index is 13.2. The summed E-state index contributed by atoms with van der Waals surface area (Å²) in [5.74, 6) is -1.26. The summed E-state index contributed by atoms with van der Waals surface area (Å²) >= 11 is 6.53. The van der Waals surface area contributed by atoms with Crippen LogP contribution in [0.2, 0.25) is 0 Å². The molecule has 138 valence electrons. The van der Waals surface area contributed by atoms with E-state index < -0.39 is 5.97 Å². The molecule has 1 aromatic heterocycles. The topological polar surface area (TPSA) is 50.4 Å². The summed E-state index contributed by atoms with van der Waals surface area (Å²) in [5.41, 5.74) is 2.19. The van der Waals surface area contributed by atoms with Crippen molar-refractivity contribution in [1.29, 1.82) is 0 Å². The third kappa shape index (κ3) is 4.47. The summed E-state index contributed by atoms with van der Waals surface area (Å²) in [7, 11) is 1.29. The smallest absolute Gasteiger partial charge is 0.341 e. The van der Waals surface area contributed by atoms with E-state index in [9.17, 15) is 13.6 Å². The molecule has 0 saturated heterocycles.